The van der Waals surface area contributed by atoms with Crippen molar-refractivity contribution in [2.45, 2.75) is 50.9 Å². The van der Waals surface area contributed by atoms with Gasteiger partial charge >= 0.3 is 0 Å². The molecule has 0 aliphatic heterocycles. The molecule has 1 atom stereocenters. The molecule has 0 bridgehead atoms. The van der Waals surface area contributed by atoms with Gasteiger partial charge in [-0.2, -0.15) is 0 Å². The van der Waals surface area contributed by atoms with Crippen molar-refractivity contribution in [3.63, 3.8) is 0 Å². The highest BCUT2D eigenvalue weighted by atomic mass is 32.2. The average Bonchev–Trinajstić information content (AvgIpc) is 3.14. The summed E-state index contributed by atoms with van der Waals surface area (Å²) in [5.41, 5.74) is 2.96. The predicted molar refractivity (Wildman–Crippen MR) is 121 cm³/mol. The van der Waals surface area contributed by atoms with Gasteiger partial charge in [0.25, 0.3) is 0 Å². The number of fused-ring (bicyclic) bond motifs is 1. The molecule has 0 saturated heterocycles. The molecule has 7 heteroatoms. The molecule has 162 valence electrons. The summed E-state index contributed by atoms with van der Waals surface area (Å²) in [6.45, 7) is 4.83. The van der Waals surface area contributed by atoms with Crippen LogP contribution in [0.1, 0.15) is 43.9 Å². The SMILES string of the molecule is CC(C)Cn1c(SCC(=O)NC2CCCc3ccccc32)nnc1-c1ccccc1F. The summed E-state index contributed by atoms with van der Waals surface area (Å²) in [7, 11) is 0. The van der Waals surface area contributed by atoms with Crippen LogP contribution in [0.15, 0.2) is 53.7 Å². The van der Waals surface area contributed by atoms with Crippen LogP contribution in [0, 0.1) is 11.7 Å². The molecule has 1 amide bonds. The minimum absolute atomic E-state index is 0.0294. The number of thioether (sulfide) groups is 1. The number of rotatable bonds is 7. The van der Waals surface area contributed by atoms with Crippen LogP contribution in [0.25, 0.3) is 11.4 Å². The van der Waals surface area contributed by atoms with Crippen LogP contribution in [0.5, 0.6) is 0 Å². The number of nitrogens with one attached hydrogen (secondary N) is 1. The Morgan fingerprint density at radius 2 is 1.97 bits per heavy atom. The Morgan fingerprint density at radius 1 is 1.19 bits per heavy atom. The lowest BCUT2D eigenvalue weighted by Gasteiger charge is -2.26. The van der Waals surface area contributed by atoms with Gasteiger partial charge in [0.05, 0.1) is 17.4 Å². The summed E-state index contributed by atoms with van der Waals surface area (Å²) >= 11 is 1.34. The van der Waals surface area contributed by atoms with E-state index in [4.69, 9.17) is 0 Å². The van der Waals surface area contributed by atoms with Gasteiger partial charge in [0.2, 0.25) is 5.91 Å². The van der Waals surface area contributed by atoms with Gasteiger partial charge in [0, 0.05) is 6.54 Å². The number of carbonyl (C=O) groups excluding carboxylic acids is 1. The first kappa shape index (κ1) is 21.6. The second-order valence-corrected chi connectivity index (χ2v) is 9.23. The van der Waals surface area contributed by atoms with Crippen molar-refractivity contribution in [3.05, 3.63) is 65.5 Å². The Kier molecular flexibility index (Phi) is 6.70. The first-order valence-corrected chi connectivity index (χ1v) is 11.7. The Labute approximate surface area is 186 Å². The fourth-order valence-corrected chi connectivity index (χ4v) is 4.80. The van der Waals surface area contributed by atoms with E-state index in [-0.39, 0.29) is 23.5 Å². The molecule has 1 heterocycles. The predicted octanol–water partition coefficient (Wildman–Crippen LogP) is 5.03. The summed E-state index contributed by atoms with van der Waals surface area (Å²) in [5, 5.41) is 12.3. The molecule has 2 aromatic carbocycles. The number of aromatic nitrogens is 3. The third kappa shape index (κ3) is 4.98. The lowest BCUT2D eigenvalue weighted by atomic mass is 9.88. The number of carbonyl (C=O) groups is 1. The standard InChI is InChI=1S/C24H27FN4OS/c1-16(2)14-29-23(19-11-5-6-12-20(19)25)27-28-24(29)31-15-22(30)26-21-13-7-9-17-8-3-4-10-18(17)21/h3-6,8,10-12,16,21H,7,9,13-15H2,1-2H3,(H,26,30). The third-order valence-corrected chi connectivity index (χ3v) is 6.38. The van der Waals surface area contributed by atoms with E-state index in [2.05, 4.69) is 41.5 Å². The Hall–Kier alpha value is -2.67. The molecule has 0 fully saturated rings. The fourth-order valence-electron chi connectivity index (χ4n) is 4.04. The van der Waals surface area contributed by atoms with Gasteiger partial charge in [-0.15, -0.1) is 10.2 Å². The van der Waals surface area contributed by atoms with Crippen molar-refractivity contribution in [3.8, 4) is 11.4 Å². The van der Waals surface area contributed by atoms with E-state index in [1.54, 1.807) is 18.2 Å². The molecule has 5 nitrogen and oxygen atoms in total. The van der Waals surface area contributed by atoms with Gasteiger partial charge in [0.1, 0.15) is 5.82 Å². The summed E-state index contributed by atoms with van der Waals surface area (Å²) < 4.78 is 16.3. The van der Waals surface area contributed by atoms with E-state index >= 15 is 0 Å². The number of benzene rings is 2. The van der Waals surface area contributed by atoms with Crippen LogP contribution in [0.4, 0.5) is 4.39 Å². The zero-order valence-corrected chi connectivity index (χ0v) is 18.7. The number of halogens is 1. The topological polar surface area (TPSA) is 59.8 Å². The quantitative estimate of drug-likeness (QED) is 0.526. The van der Waals surface area contributed by atoms with Crippen molar-refractivity contribution in [1.29, 1.82) is 0 Å². The number of hydrogen-bond donors (Lipinski definition) is 1. The molecular weight excluding hydrogens is 411 g/mol. The van der Waals surface area contributed by atoms with Crippen molar-refractivity contribution >= 4 is 17.7 Å². The van der Waals surface area contributed by atoms with Crippen LogP contribution < -0.4 is 5.32 Å². The van der Waals surface area contributed by atoms with E-state index in [0.29, 0.717) is 29.0 Å². The first-order chi connectivity index (χ1) is 15.0. The maximum absolute atomic E-state index is 14.3. The largest absolute Gasteiger partial charge is 0.349 e. The molecule has 31 heavy (non-hydrogen) atoms. The molecule has 1 unspecified atom stereocenters. The summed E-state index contributed by atoms with van der Waals surface area (Å²) in [4.78, 5) is 12.7. The minimum Gasteiger partial charge on any atom is -0.349 e. The number of nitrogens with zero attached hydrogens (tertiary/aromatic N) is 3. The molecule has 1 N–H and O–H groups in total. The van der Waals surface area contributed by atoms with Crippen molar-refractivity contribution in [2.75, 3.05) is 5.75 Å². The Morgan fingerprint density at radius 3 is 2.77 bits per heavy atom. The monoisotopic (exact) mass is 438 g/mol. The van der Waals surface area contributed by atoms with Gasteiger partial charge in [-0.05, 0) is 48.4 Å². The molecular formula is C24H27FN4OS. The van der Waals surface area contributed by atoms with Crippen LogP contribution in [0.3, 0.4) is 0 Å². The van der Waals surface area contributed by atoms with Crippen LogP contribution >= 0.6 is 11.8 Å². The van der Waals surface area contributed by atoms with E-state index in [9.17, 15) is 9.18 Å². The highest BCUT2D eigenvalue weighted by molar-refractivity contribution is 7.99. The molecule has 3 aromatic rings. The Bertz CT molecular complexity index is 1070. The van der Waals surface area contributed by atoms with E-state index in [1.165, 1.54) is 29.0 Å². The first-order valence-electron chi connectivity index (χ1n) is 10.7. The third-order valence-electron chi connectivity index (χ3n) is 5.42. The van der Waals surface area contributed by atoms with Gasteiger partial charge in [0.15, 0.2) is 11.0 Å². The van der Waals surface area contributed by atoms with Crippen molar-refractivity contribution in [1.82, 2.24) is 20.1 Å². The molecule has 1 aliphatic rings. The number of amides is 1. The smallest absolute Gasteiger partial charge is 0.230 e. The molecule has 1 aromatic heterocycles. The molecule has 1 aliphatic carbocycles. The normalized spacial score (nSPS) is 15.7. The number of aryl methyl sites for hydroxylation is 1. The fraction of sp³-hybridized carbons (Fsp3) is 0.375. The molecule has 0 saturated carbocycles. The van der Waals surface area contributed by atoms with E-state index in [1.807, 2.05) is 16.7 Å². The van der Waals surface area contributed by atoms with Gasteiger partial charge in [-0.1, -0.05) is 62.0 Å². The van der Waals surface area contributed by atoms with Crippen molar-refractivity contribution in [2.24, 2.45) is 5.92 Å². The van der Waals surface area contributed by atoms with Gasteiger partial charge in [-0.3, -0.25) is 4.79 Å². The zero-order chi connectivity index (χ0) is 21.8. The Balaban J connectivity index is 1.47. The maximum Gasteiger partial charge on any atom is 0.230 e. The second kappa shape index (κ2) is 9.64. The van der Waals surface area contributed by atoms with E-state index < -0.39 is 0 Å². The molecule has 4 rings (SSSR count). The zero-order valence-electron chi connectivity index (χ0n) is 17.8. The summed E-state index contributed by atoms with van der Waals surface area (Å²) in [5.74, 6) is 0.708. The van der Waals surface area contributed by atoms with Crippen LogP contribution in [0.2, 0.25) is 0 Å². The van der Waals surface area contributed by atoms with Crippen molar-refractivity contribution < 1.29 is 9.18 Å². The summed E-state index contributed by atoms with van der Waals surface area (Å²) in [6.07, 6.45) is 3.09. The average molecular weight is 439 g/mol. The molecule has 0 spiro atoms. The van der Waals surface area contributed by atoms with Crippen LogP contribution in [-0.4, -0.2) is 26.4 Å². The van der Waals surface area contributed by atoms with E-state index in [0.717, 1.165) is 19.3 Å². The lowest BCUT2D eigenvalue weighted by molar-refractivity contribution is -0.119. The molecule has 0 radical (unpaired) electrons. The summed E-state index contributed by atoms with van der Waals surface area (Å²) in [6, 6.07) is 14.9. The lowest BCUT2D eigenvalue weighted by Crippen LogP contribution is -2.32. The second-order valence-electron chi connectivity index (χ2n) is 8.29. The van der Waals surface area contributed by atoms with Crippen LogP contribution in [-0.2, 0) is 17.8 Å². The minimum atomic E-state index is -0.329. The highest BCUT2D eigenvalue weighted by Gasteiger charge is 2.23. The van der Waals surface area contributed by atoms with Gasteiger partial charge in [-0.25, -0.2) is 4.39 Å². The van der Waals surface area contributed by atoms with Gasteiger partial charge < -0.3 is 9.88 Å². The highest BCUT2D eigenvalue weighted by Crippen LogP contribution is 2.30. The number of hydrogen-bond acceptors (Lipinski definition) is 4. The maximum atomic E-state index is 14.3.